The highest BCUT2D eigenvalue weighted by Gasteiger charge is 2.29. The highest BCUT2D eigenvalue weighted by Crippen LogP contribution is 2.36. The Balaban J connectivity index is 1.39. The molecule has 4 heteroatoms. The maximum atomic E-state index is 12.9. The molecule has 1 saturated carbocycles. The van der Waals surface area contributed by atoms with Gasteiger partial charge in [0.25, 0.3) is 0 Å². The van der Waals surface area contributed by atoms with Crippen LogP contribution in [0.25, 0.3) is 0 Å². The van der Waals surface area contributed by atoms with Crippen molar-refractivity contribution in [3.05, 3.63) is 53.6 Å². The molecular formula is C16H20FN3. The maximum Gasteiger partial charge on any atom is 0.123 e. The van der Waals surface area contributed by atoms with E-state index < -0.39 is 0 Å². The molecule has 1 fully saturated rings. The van der Waals surface area contributed by atoms with Crippen LogP contribution in [-0.4, -0.2) is 22.4 Å². The molecule has 0 amide bonds. The highest BCUT2D eigenvalue weighted by molar-refractivity contribution is 5.23. The molecule has 3 rings (SSSR count). The molecular weight excluding hydrogens is 253 g/mol. The van der Waals surface area contributed by atoms with Gasteiger partial charge in [-0.2, -0.15) is 5.10 Å². The number of benzene rings is 1. The summed E-state index contributed by atoms with van der Waals surface area (Å²) in [5.74, 6) is 0.436. The van der Waals surface area contributed by atoms with Crippen molar-refractivity contribution in [2.24, 2.45) is 7.05 Å². The van der Waals surface area contributed by atoms with Gasteiger partial charge in [-0.15, -0.1) is 0 Å². The Morgan fingerprint density at radius 1 is 1.30 bits per heavy atom. The number of halogens is 1. The number of nitrogens with zero attached hydrogens (tertiary/aromatic N) is 2. The summed E-state index contributed by atoms with van der Waals surface area (Å²) in [7, 11) is 1.94. The van der Waals surface area contributed by atoms with Crippen molar-refractivity contribution in [1.29, 1.82) is 0 Å². The van der Waals surface area contributed by atoms with Gasteiger partial charge in [0.2, 0.25) is 0 Å². The third-order valence-electron chi connectivity index (χ3n) is 4.08. The van der Waals surface area contributed by atoms with Crippen LogP contribution in [0.3, 0.4) is 0 Å². The Morgan fingerprint density at radius 2 is 2.05 bits per heavy atom. The number of aryl methyl sites for hydroxylation is 1. The lowest BCUT2D eigenvalue weighted by molar-refractivity contribution is 0.292. The molecule has 106 valence electrons. The van der Waals surface area contributed by atoms with E-state index in [1.54, 1.807) is 12.1 Å². The van der Waals surface area contributed by atoms with Gasteiger partial charge in [-0.05, 0) is 55.0 Å². The first-order valence-electron chi connectivity index (χ1n) is 7.17. The van der Waals surface area contributed by atoms with Crippen LogP contribution < -0.4 is 5.32 Å². The second-order valence-electron chi connectivity index (χ2n) is 5.64. The quantitative estimate of drug-likeness (QED) is 0.907. The molecule has 0 unspecified atom stereocenters. The molecule has 2 aromatic rings. The van der Waals surface area contributed by atoms with Crippen LogP contribution >= 0.6 is 0 Å². The van der Waals surface area contributed by atoms with Crippen LogP contribution in [0.15, 0.2) is 36.7 Å². The Hall–Kier alpha value is -1.68. The van der Waals surface area contributed by atoms with Crippen molar-refractivity contribution in [3.8, 4) is 0 Å². The van der Waals surface area contributed by atoms with Crippen LogP contribution in [0.1, 0.15) is 29.9 Å². The van der Waals surface area contributed by atoms with Crippen molar-refractivity contribution in [3.63, 3.8) is 0 Å². The molecule has 0 bridgehead atoms. The van der Waals surface area contributed by atoms with E-state index in [2.05, 4.69) is 16.6 Å². The smallest absolute Gasteiger partial charge is 0.123 e. The number of aromatic nitrogens is 2. The van der Waals surface area contributed by atoms with Gasteiger partial charge in [-0.1, -0.05) is 12.1 Å². The Morgan fingerprint density at radius 3 is 2.70 bits per heavy atom. The van der Waals surface area contributed by atoms with E-state index in [1.165, 1.54) is 11.1 Å². The van der Waals surface area contributed by atoms with E-state index in [4.69, 9.17) is 0 Å². The Bertz CT molecular complexity index is 555. The van der Waals surface area contributed by atoms with E-state index in [1.807, 2.05) is 30.1 Å². The highest BCUT2D eigenvalue weighted by atomic mass is 19.1. The van der Waals surface area contributed by atoms with Crippen molar-refractivity contribution in [2.45, 2.75) is 31.2 Å². The second kappa shape index (κ2) is 5.75. The van der Waals surface area contributed by atoms with Gasteiger partial charge in [0.1, 0.15) is 5.82 Å². The molecule has 1 aliphatic carbocycles. The lowest BCUT2D eigenvalue weighted by Crippen LogP contribution is -2.40. The molecule has 20 heavy (non-hydrogen) atoms. The average Bonchev–Trinajstić information content (AvgIpc) is 2.80. The molecule has 0 saturated heterocycles. The van der Waals surface area contributed by atoms with Crippen molar-refractivity contribution < 1.29 is 4.39 Å². The largest absolute Gasteiger partial charge is 0.314 e. The minimum atomic E-state index is -0.154. The summed E-state index contributed by atoms with van der Waals surface area (Å²) < 4.78 is 14.7. The minimum absolute atomic E-state index is 0.154. The third kappa shape index (κ3) is 3.07. The zero-order valence-corrected chi connectivity index (χ0v) is 11.7. The fourth-order valence-corrected chi connectivity index (χ4v) is 2.81. The summed E-state index contributed by atoms with van der Waals surface area (Å²) in [6.07, 6.45) is 7.30. The van der Waals surface area contributed by atoms with Crippen LogP contribution in [0.4, 0.5) is 4.39 Å². The first-order chi connectivity index (χ1) is 9.70. The second-order valence-corrected chi connectivity index (χ2v) is 5.64. The van der Waals surface area contributed by atoms with Gasteiger partial charge in [0.05, 0.1) is 6.20 Å². The van der Waals surface area contributed by atoms with Crippen LogP contribution in [0, 0.1) is 5.82 Å². The molecule has 1 aromatic heterocycles. The number of rotatable bonds is 5. The van der Waals surface area contributed by atoms with Gasteiger partial charge in [-0.3, -0.25) is 4.68 Å². The SMILES string of the molecule is Cn1cc(CCNC2CC(c3ccc(F)cc3)C2)cn1. The molecule has 1 aromatic carbocycles. The van der Waals surface area contributed by atoms with Crippen LogP contribution in [0.2, 0.25) is 0 Å². The summed E-state index contributed by atoms with van der Waals surface area (Å²) in [5, 5.41) is 7.74. The lowest BCUT2D eigenvalue weighted by atomic mass is 9.76. The topological polar surface area (TPSA) is 29.9 Å². The predicted octanol–water partition coefficient (Wildman–Crippen LogP) is 2.64. The standard InChI is InChI=1S/C16H20FN3/c1-20-11-12(10-19-20)6-7-18-16-8-14(9-16)13-2-4-15(17)5-3-13/h2-5,10-11,14,16,18H,6-9H2,1H3. The minimum Gasteiger partial charge on any atom is -0.314 e. The van der Waals surface area contributed by atoms with Gasteiger partial charge in [-0.25, -0.2) is 4.39 Å². The number of hydrogen-bond donors (Lipinski definition) is 1. The van der Waals surface area contributed by atoms with Crippen LogP contribution in [0.5, 0.6) is 0 Å². The van der Waals surface area contributed by atoms with Gasteiger partial charge < -0.3 is 5.32 Å². The van der Waals surface area contributed by atoms with E-state index in [0.29, 0.717) is 12.0 Å². The molecule has 0 spiro atoms. The van der Waals surface area contributed by atoms with Crippen LogP contribution in [-0.2, 0) is 13.5 Å². The normalized spacial score (nSPS) is 21.7. The number of hydrogen-bond acceptors (Lipinski definition) is 2. The fourth-order valence-electron chi connectivity index (χ4n) is 2.81. The molecule has 0 aliphatic heterocycles. The number of nitrogens with one attached hydrogen (secondary N) is 1. The van der Waals surface area contributed by atoms with E-state index in [-0.39, 0.29) is 5.82 Å². The summed E-state index contributed by atoms with van der Waals surface area (Å²) >= 11 is 0. The molecule has 3 nitrogen and oxygen atoms in total. The summed E-state index contributed by atoms with van der Waals surface area (Å²) in [6.45, 7) is 0.993. The monoisotopic (exact) mass is 273 g/mol. The average molecular weight is 273 g/mol. The fraction of sp³-hybridized carbons (Fsp3) is 0.438. The van der Waals surface area contributed by atoms with Crippen molar-refractivity contribution in [1.82, 2.24) is 15.1 Å². The summed E-state index contributed by atoms with van der Waals surface area (Å²) in [6, 6.07) is 7.52. The summed E-state index contributed by atoms with van der Waals surface area (Å²) in [4.78, 5) is 0. The molecule has 1 N–H and O–H groups in total. The van der Waals surface area contributed by atoms with Gasteiger partial charge in [0.15, 0.2) is 0 Å². The van der Waals surface area contributed by atoms with E-state index in [9.17, 15) is 4.39 Å². The maximum absolute atomic E-state index is 12.9. The lowest BCUT2D eigenvalue weighted by Gasteiger charge is -2.36. The predicted molar refractivity (Wildman–Crippen MR) is 77.1 cm³/mol. The third-order valence-corrected chi connectivity index (χ3v) is 4.08. The first-order valence-corrected chi connectivity index (χ1v) is 7.17. The Labute approximate surface area is 118 Å². The van der Waals surface area contributed by atoms with Crippen molar-refractivity contribution in [2.75, 3.05) is 6.54 Å². The zero-order valence-electron chi connectivity index (χ0n) is 11.7. The van der Waals surface area contributed by atoms with Gasteiger partial charge in [0, 0.05) is 19.3 Å². The molecule has 1 aliphatic rings. The first kappa shape index (κ1) is 13.3. The summed E-state index contributed by atoms with van der Waals surface area (Å²) in [5.41, 5.74) is 2.53. The zero-order chi connectivity index (χ0) is 13.9. The van der Waals surface area contributed by atoms with Crippen molar-refractivity contribution >= 4 is 0 Å². The van der Waals surface area contributed by atoms with E-state index >= 15 is 0 Å². The Kier molecular flexibility index (Phi) is 3.83. The van der Waals surface area contributed by atoms with Gasteiger partial charge >= 0.3 is 0 Å². The molecule has 0 radical (unpaired) electrons. The molecule has 0 atom stereocenters. The molecule has 1 heterocycles. The van der Waals surface area contributed by atoms with E-state index in [0.717, 1.165) is 25.8 Å².